The van der Waals surface area contributed by atoms with Crippen molar-refractivity contribution in [1.82, 2.24) is 0 Å². The molecule has 0 bridgehead atoms. The standard InChI is InChI=1S/C21H23F2NO2.2C20H23NO3.2C18H19NO2/c1-21(2,3)12-7-8-16-13(11-12)19-20(26-10-9-25-19)18(24-16)17-14(22)5-4-6-15(17)23;2*1-20(2,3)13-7-8-16-15(10-13)18-19(24-11-23-18)17(21-16)12-5-4-6-14(22)9-12;2*1-12-7-8-15-14(11-12)17-18(21-10-9-20-17)16(19-15)13-5-3-2-4-6-13/h4-8,11,18-20,24H,9-10H2,1-3H3;2*4-10,17-19,21-22H,11H2,1-3H3;2*2-8,11,16-19H,9-10H2,1H3/t18-,19+,20-;17-,18?,19?;;16-,17+,18-;/m11.0./s1. The molecule has 10 heterocycles. The molecule has 20 rings (SSSR count). The van der Waals surface area contributed by atoms with E-state index in [0.717, 1.165) is 56.3 Å². The molecule has 10 aromatic carbocycles. The molecule has 10 aliphatic heterocycles. The number of aryl methyl sites for hydroxylation is 2. The van der Waals surface area contributed by atoms with Crippen molar-refractivity contribution in [2.24, 2.45) is 0 Å². The van der Waals surface area contributed by atoms with Crippen LogP contribution in [0.2, 0.25) is 0 Å². The van der Waals surface area contributed by atoms with E-state index in [9.17, 15) is 19.0 Å². The van der Waals surface area contributed by atoms with Gasteiger partial charge >= 0.3 is 0 Å². The molecule has 17 nitrogen and oxygen atoms in total. The van der Waals surface area contributed by atoms with E-state index in [4.69, 9.17) is 47.4 Å². The number of rotatable bonds is 5. The highest BCUT2D eigenvalue weighted by Gasteiger charge is 2.48. The van der Waals surface area contributed by atoms with Crippen LogP contribution in [-0.2, 0) is 63.6 Å². The molecular formula is C97H107F2N5O12. The Kier molecular flexibility index (Phi) is 23.3. The summed E-state index contributed by atoms with van der Waals surface area (Å²) in [5, 5.41) is 37.3. The Morgan fingerprint density at radius 2 is 0.569 bits per heavy atom. The number of ether oxygens (including phenoxy) is 10. The van der Waals surface area contributed by atoms with Crippen LogP contribution in [0.4, 0.5) is 37.2 Å². The zero-order valence-corrected chi connectivity index (χ0v) is 67.8. The molecule has 116 heavy (non-hydrogen) atoms. The Morgan fingerprint density at radius 1 is 0.284 bits per heavy atom. The minimum atomic E-state index is -0.644. The average Bonchev–Trinajstić information content (AvgIpc) is 1.64. The first-order valence-electron chi connectivity index (χ1n) is 40.6. The maximum absolute atomic E-state index is 14.4. The number of halogens is 2. The van der Waals surface area contributed by atoms with Crippen molar-refractivity contribution < 1.29 is 66.4 Å². The fourth-order valence-electron chi connectivity index (χ4n) is 17.5. The van der Waals surface area contributed by atoms with E-state index in [1.54, 1.807) is 24.3 Å². The van der Waals surface area contributed by atoms with Gasteiger partial charge < -0.3 is 84.2 Å². The fraction of sp³-hybridized carbons (Fsp3) is 0.381. The van der Waals surface area contributed by atoms with E-state index in [2.05, 4.69) is 230 Å². The minimum absolute atomic E-state index is 0.00134. The quantitative estimate of drug-likeness (QED) is 0.0860. The van der Waals surface area contributed by atoms with E-state index >= 15 is 0 Å². The third kappa shape index (κ3) is 16.9. The number of aromatic hydroxyl groups is 2. The lowest BCUT2D eigenvalue weighted by Gasteiger charge is -2.43. The predicted octanol–water partition coefficient (Wildman–Crippen LogP) is 20.7. The lowest BCUT2D eigenvalue weighted by atomic mass is 9.81. The number of hydrogen-bond acceptors (Lipinski definition) is 17. The van der Waals surface area contributed by atoms with Gasteiger partial charge in [0.2, 0.25) is 0 Å². The van der Waals surface area contributed by atoms with Gasteiger partial charge in [-0.2, -0.15) is 0 Å². The van der Waals surface area contributed by atoms with Crippen LogP contribution in [-0.4, -0.2) is 94.0 Å². The number of nitrogens with one attached hydrogen (secondary N) is 5. The van der Waals surface area contributed by atoms with E-state index in [1.165, 1.54) is 68.3 Å². The van der Waals surface area contributed by atoms with Gasteiger partial charge in [0.25, 0.3) is 0 Å². The van der Waals surface area contributed by atoms with Crippen LogP contribution < -0.4 is 26.6 Å². The average molecular weight is 1570 g/mol. The van der Waals surface area contributed by atoms with Gasteiger partial charge in [-0.05, 0) is 136 Å². The lowest BCUT2D eigenvalue weighted by Crippen LogP contribution is -2.44. The maximum atomic E-state index is 14.4. The van der Waals surface area contributed by atoms with Crippen molar-refractivity contribution >= 4 is 28.4 Å². The predicted molar refractivity (Wildman–Crippen MR) is 447 cm³/mol. The highest BCUT2D eigenvalue weighted by Crippen LogP contribution is 2.52. The SMILES string of the molecule is CC(C)(C)c1ccc2c(c1)C1OCOC1C(c1cccc(O)c1)N2.CC(C)(C)c1ccc2c(c1)C1OCOC1[C@@H](c1cccc(O)c1)N2.CC(C)(C)c1ccc2c(c1)[C@@H]1OCCO[C@@H]1[C@@H](c1c(F)cccc1F)N2.Cc1ccc2c(c1)C1OCCOC1C(c1ccccc1)N2.Cc1ccc2c(c1)[C@H]1OCCO[C@H]1[C@H](c1ccccc1)N2. The molecule has 0 aromatic heterocycles. The molecule has 0 amide bonds. The van der Waals surface area contributed by atoms with E-state index in [1.807, 2.05) is 48.5 Å². The van der Waals surface area contributed by atoms with Crippen molar-refractivity contribution in [3.63, 3.8) is 0 Å². The van der Waals surface area contributed by atoms with Crippen LogP contribution in [0.15, 0.2) is 218 Å². The summed E-state index contributed by atoms with van der Waals surface area (Å²) in [6.45, 7) is 28.1. The summed E-state index contributed by atoms with van der Waals surface area (Å²) in [6.07, 6.45) is -1.15. The van der Waals surface area contributed by atoms with Gasteiger partial charge in [-0.3, -0.25) is 0 Å². The monoisotopic (exact) mass is 1570 g/mol. The van der Waals surface area contributed by atoms with Crippen molar-refractivity contribution in [1.29, 1.82) is 0 Å². The molecule has 8 unspecified atom stereocenters. The Morgan fingerprint density at radius 3 is 0.922 bits per heavy atom. The van der Waals surface area contributed by atoms with Gasteiger partial charge in [0.1, 0.15) is 97.8 Å². The third-order valence-electron chi connectivity index (χ3n) is 23.6. The summed E-state index contributed by atoms with van der Waals surface area (Å²) < 4.78 is 88.5. The van der Waals surface area contributed by atoms with Crippen LogP contribution in [0.1, 0.15) is 206 Å². The first-order valence-corrected chi connectivity index (χ1v) is 40.6. The van der Waals surface area contributed by atoms with Gasteiger partial charge in [-0.25, -0.2) is 8.78 Å². The number of phenols is 2. The molecule has 0 spiro atoms. The zero-order valence-electron chi connectivity index (χ0n) is 67.8. The molecule has 15 atom stereocenters. The topological polar surface area (TPSA) is 193 Å². The Hall–Kier alpha value is -9.74. The smallest absolute Gasteiger partial charge is 0.148 e. The Labute approximate surface area is 679 Å². The van der Waals surface area contributed by atoms with E-state index in [-0.39, 0.29) is 112 Å². The second kappa shape index (κ2) is 33.7. The lowest BCUT2D eigenvalue weighted by molar-refractivity contribution is -0.151. The van der Waals surface area contributed by atoms with E-state index < -0.39 is 23.8 Å². The second-order valence-corrected chi connectivity index (χ2v) is 34.6. The highest BCUT2D eigenvalue weighted by molar-refractivity contribution is 5.64. The second-order valence-electron chi connectivity index (χ2n) is 34.6. The molecule has 0 radical (unpaired) electrons. The molecule has 10 aliphatic rings. The fourth-order valence-corrected chi connectivity index (χ4v) is 17.5. The third-order valence-corrected chi connectivity index (χ3v) is 23.6. The zero-order chi connectivity index (χ0) is 80.7. The van der Waals surface area contributed by atoms with Crippen molar-refractivity contribution in [3.8, 4) is 11.5 Å². The van der Waals surface area contributed by atoms with Gasteiger partial charge in [0.05, 0.1) is 69.9 Å². The molecule has 0 aliphatic carbocycles. The van der Waals surface area contributed by atoms with Gasteiger partial charge in [0, 0.05) is 61.8 Å². The summed E-state index contributed by atoms with van der Waals surface area (Å²) in [5.41, 5.74) is 21.9. The molecule has 19 heteroatoms. The van der Waals surface area contributed by atoms with Crippen LogP contribution in [0, 0.1) is 25.5 Å². The van der Waals surface area contributed by atoms with Gasteiger partial charge in [-0.1, -0.05) is 225 Å². The number of anilines is 5. The highest BCUT2D eigenvalue weighted by atomic mass is 19.1. The van der Waals surface area contributed by atoms with Crippen LogP contribution >= 0.6 is 0 Å². The first-order chi connectivity index (χ1) is 55.9. The van der Waals surface area contributed by atoms with Crippen LogP contribution in [0.3, 0.4) is 0 Å². The molecule has 7 N–H and O–H groups in total. The minimum Gasteiger partial charge on any atom is -0.508 e. The molecule has 10 aromatic rings. The summed E-state index contributed by atoms with van der Waals surface area (Å²) in [7, 11) is 0. The molecule has 0 saturated carbocycles. The number of phenolic OH excluding ortho intramolecular Hbond substituents is 2. The normalized spacial score (nSPS) is 26.2. The summed E-state index contributed by atoms with van der Waals surface area (Å²) in [5.74, 6) is -0.632. The Balaban J connectivity index is 0.000000109. The van der Waals surface area contributed by atoms with Gasteiger partial charge in [0.15, 0.2) is 0 Å². The van der Waals surface area contributed by atoms with Crippen molar-refractivity contribution in [3.05, 3.63) is 313 Å². The molecular weight excluding hydrogens is 1470 g/mol. The summed E-state index contributed by atoms with van der Waals surface area (Å²) >= 11 is 0. The Bertz CT molecular complexity index is 4850. The molecule has 5 fully saturated rings. The maximum Gasteiger partial charge on any atom is 0.148 e. The molecule has 606 valence electrons. The number of hydrogen-bond donors (Lipinski definition) is 7. The van der Waals surface area contributed by atoms with Crippen LogP contribution in [0.25, 0.3) is 0 Å². The van der Waals surface area contributed by atoms with Crippen molar-refractivity contribution in [2.75, 3.05) is 79.8 Å². The largest absolute Gasteiger partial charge is 0.508 e. The molecule has 5 saturated heterocycles. The van der Waals surface area contributed by atoms with Crippen LogP contribution in [0.5, 0.6) is 11.5 Å². The summed E-state index contributed by atoms with van der Waals surface area (Å²) in [6, 6.07) is 71.2. The van der Waals surface area contributed by atoms with Crippen molar-refractivity contribution in [2.45, 2.75) is 184 Å². The number of fused-ring (bicyclic) bond motifs is 15. The first kappa shape index (κ1) is 80.1. The van der Waals surface area contributed by atoms with E-state index in [0.29, 0.717) is 53.2 Å². The summed E-state index contributed by atoms with van der Waals surface area (Å²) in [4.78, 5) is 0. The number of benzene rings is 10. The van der Waals surface area contributed by atoms with Gasteiger partial charge in [-0.15, -0.1) is 0 Å².